The standard InChI is InChI=1S/C13H27N3O3/c1-8(2)7-9(15-11(14)18)10(17)16-12(3,4)13(5,6)19/h8-9,19H,7H2,1-6H3,(H,16,17)(H3,14,15,18). The van der Waals surface area contributed by atoms with Crippen molar-refractivity contribution in [1.82, 2.24) is 10.6 Å². The Balaban J connectivity index is 4.86. The van der Waals surface area contributed by atoms with Gasteiger partial charge in [0.05, 0.1) is 11.1 Å². The molecule has 6 nitrogen and oxygen atoms in total. The van der Waals surface area contributed by atoms with Gasteiger partial charge < -0.3 is 21.5 Å². The van der Waals surface area contributed by atoms with Crippen LogP contribution in [0.25, 0.3) is 0 Å². The molecule has 112 valence electrons. The fraction of sp³-hybridized carbons (Fsp3) is 0.846. The van der Waals surface area contributed by atoms with E-state index in [0.29, 0.717) is 6.42 Å². The van der Waals surface area contributed by atoms with Crippen LogP contribution in [-0.4, -0.2) is 34.2 Å². The molecule has 1 atom stereocenters. The summed E-state index contributed by atoms with van der Waals surface area (Å²) >= 11 is 0. The van der Waals surface area contributed by atoms with Gasteiger partial charge in [-0.1, -0.05) is 13.8 Å². The number of urea groups is 1. The second-order valence-electron chi connectivity index (χ2n) is 6.36. The molecule has 0 aliphatic carbocycles. The SMILES string of the molecule is CC(C)CC(NC(N)=O)C(=O)NC(C)(C)C(C)(C)O. The molecule has 0 aromatic carbocycles. The van der Waals surface area contributed by atoms with Gasteiger partial charge in [0.15, 0.2) is 0 Å². The fourth-order valence-electron chi connectivity index (χ4n) is 1.42. The molecule has 0 saturated carbocycles. The number of hydrogen-bond donors (Lipinski definition) is 4. The predicted molar refractivity (Wildman–Crippen MR) is 74.5 cm³/mol. The van der Waals surface area contributed by atoms with Crippen LogP contribution in [-0.2, 0) is 4.79 Å². The number of primary amides is 1. The van der Waals surface area contributed by atoms with E-state index in [1.54, 1.807) is 27.7 Å². The van der Waals surface area contributed by atoms with E-state index in [4.69, 9.17) is 5.73 Å². The smallest absolute Gasteiger partial charge is 0.312 e. The van der Waals surface area contributed by atoms with Crippen molar-refractivity contribution in [3.05, 3.63) is 0 Å². The van der Waals surface area contributed by atoms with Gasteiger partial charge in [-0.3, -0.25) is 4.79 Å². The summed E-state index contributed by atoms with van der Waals surface area (Å²) in [5.41, 5.74) is 3.17. The van der Waals surface area contributed by atoms with Crippen LogP contribution < -0.4 is 16.4 Å². The van der Waals surface area contributed by atoms with Crippen molar-refractivity contribution in [2.45, 2.75) is 65.1 Å². The van der Waals surface area contributed by atoms with Gasteiger partial charge in [0.2, 0.25) is 5.91 Å². The van der Waals surface area contributed by atoms with E-state index in [9.17, 15) is 14.7 Å². The minimum absolute atomic E-state index is 0.229. The molecule has 6 heteroatoms. The summed E-state index contributed by atoms with van der Waals surface area (Å²) in [4.78, 5) is 23.1. The number of carbonyl (C=O) groups excluding carboxylic acids is 2. The van der Waals surface area contributed by atoms with Crippen molar-refractivity contribution in [1.29, 1.82) is 0 Å². The third kappa shape index (κ3) is 5.92. The van der Waals surface area contributed by atoms with Gasteiger partial charge in [-0.05, 0) is 40.0 Å². The average molecular weight is 273 g/mol. The molecule has 0 aromatic rings. The number of nitrogens with two attached hydrogens (primary N) is 1. The molecular formula is C13H27N3O3. The minimum Gasteiger partial charge on any atom is -0.388 e. The van der Waals surface area contributed by atoms with Crippen molar-refractivity contribution < 1.29 is 14.7 Å². The highest BCUT2D eigenvalue weighted by Gasteiger charge is 2.38. The summed E-state index contributed by atoms with van der Waals surface area (Å²) in [5.74, 6) is -0.118. The van der Waals surface area contributed by atoms with Crippen LogP contribution >= 0.6 is 0 Å². The summed E-state index contributed by atoms with van der Waals surface area (Å²) in [7, 11) is 0. The number of rotatable bonds is 6. The molecule has 0 aliphatic heterocycles. The summed E-state index contributed by atoms with van der Waals surface area (Å²) in [6.07, 6.45) is 0.483. The molecule has 3 amide bonds. The van der Waals surface area contributed by atoms with Crippen LogP contribution in [0.15, 0.2) is 0 Å². The van der Waals surface area contributed by atoms with E-state index in [-0.39, 0.29) is 11.8 Å². The molecule has 1 unspecified atom stereocenters. The van der Waals surface area contributed by atoms with Gasteiger partial charge in [0.25, 0.3) is 0 Å². The maximum absolute atomic E-state index is 12.2. The highest BCUT2D eigenvalue weighted by Crippen LogP contribution is 2.21. The van der Waals surface area contributed by atoms with Crippen molar-refractivity contribution in [2.24, 2.45) is 11.7 Å². The Kier molecular flexibility index (Phi) is 5.81. The molecule has 19 heavy (non-hydrogen) atoms. The van der Waals surface area contributed by atoms with Crippen LogP contribution in [0.2, 0.25) is 0 Å². The third-order valence-corrected chi connectivity index (χ3v) is 3.31. The summed E-state index contributed by atoms with van der Waals surface area (Å²) in [6.45, 7) is 10.6. The number of amides is 3. The van der Waals surface area contributed by atoms with E-state index < -0.39 is 23.2 Å². The number of aliphatic hydroxyl groups is 1. The Bertz CT molecular complexity index is 333. The topological polar surface area (TPSA) is 104 Å². The molecule has 5 N–H and O–H groups in total. The molecule has 0 radical (unpaired) electrons. The highest BCUT2D eigenvalue weighted by molar-refractivity contribution is 5.87. The normalized spacial score (nSPS) is 14.1. The maximum Gasteiger partial charge on any atom is 0.312 e. The highest BCUT2D eigenvalue weighted by atomic mass is 16.3. The Morgan fingerprint density at radius 3 is 2.00 bits per heavy atom. The first-order valence-electron chi connectivity index (χ1n) is 6.47. The Morgan fingerprint density at radius 2 is 1.68 bits per heavy atom. The summed E-state index contributed by atoms with van der Waals surface area (Å²) < 4.78 is 0. The van der Waals surface area contributed by atoms with Gasteiger partial charge in [-0.25, -0.2) is 4.79 Å². The monoisotopic (exact) mass is 273 g/mol. The zero-order valence-electron chi connectivity index (χ0n) is 12.7. The molecule has 0 aromatic heterocycles. The predicted octanol–water partition coefficient (Wildman–Crippen LogP) is 0.735. The second kappa shape index (κ2) is 6.23. The van der Waals surface area contributed by atoms with E-state index in [1.807, 2.05) is 13.8 Å². The van der Waals surface area contributed by atoms with Crippen molar-refractivity contribution >= 4 is 11.9 Å². The van der Waals surface area contributed by atoms with E-state index in [0.717, 1.165) is 0 Å². The molecule has 0 bridgehead atoms. The van der Waals surface area contributed by atoms with Gasteiger partial charge in [-0.2, -0.15) is 0 Å². The van der Waals surface area contributed by atoms with Gasteiger partial charge in [0.1, 0.15) is 6.04 Å². The largest absolute Gasteiger partial charge is 0.388 e. The molecule has 0 rings (SSSR count). The molecule has 0 saturated heterocycles. The Morgan fingerprint density at radius 1 is 1.21 bits per heavy atom. The number of hydrogen-bond acceptors (Lipinski definition) is 3. The molecule has 0 aliphatic rings. The molecule has 0 spiro atoms. The van der Waals surface area contributed by atoms with Crippen LogP contribution in [0.1, 0.15) is 48.0 Å². The second-order valence-corrected chi connectivity index (χ2v) is 6.36. The lowest BCUT2D eigenvalue weighted by Crippen LogP contribution is -2.61. The molecule has 0 fully saturated rings. The first-order chi connectivity index (χ1) is 8.36. The number of nitrogens with one attached hydrogen (secondary N) is 2. The minimum atomic E-state index is -1.09. The van der Waals surface area contributed by atoms with Crippen LogP contribution in [0.5, 0.6) is 0 Å². The van der Waals surface area contributed by atoms with Crippen LogP contribution in [0.4, 0.5) is 4.79 Å². The summed E-state index contributed by atoms with van der Waals surface area (Å²) in [5, 5.41) is 15.2. The lowest BCUT2D eigenvalue weighted by Gasteiger charge is -2.39. The van der Waals surface area contributed by atoms with Gasteiger partial charge >= 0.3 is 6.03 Å². The quantitative estimate of drug-likeness (QED) is 0.573. The third-order valence-electron chi connectivity index (χ3n) is 3.31. The molecule has 0 heterocycles. The van der Waals surface area contributed by atoms with E-state index in [2.05, 4.69) is 10.6 Å². The van der Waals surface area contributed by atoms with Crippen LogP contribution in [0.3, 0.4) is 0 Å². The summed E-state index contributed by atoms with van der Waals surface area (Å²) in [6, 6.07) is -1.43. The lowest BCUT2D eigenvalue weighted by atomic mass is 9.85. The van der Waals surface area contributed by atoms with Crippen molar-refractivity contribution in [3.63, 3.8) is 0 Å². The van der Waals surface area contributed by atoms with Gasteiger partial charge in [0, 0.05) is 0 Å². The molecular weight excluding hydrogens is 246 g/mol. The van der Waals surface area contributed by atoms with E-state index >= 15 is 0 Å². The van der Waals surface area contributed by atoms with Crippen molar-refractivity contribution in [3.8, 4) is 0 Å². The first kappa shape index (κ1) is 17.7. The Hall–Kier alpha value is -1.30. The van der Waals surface area contributed by atoms with Gasteiger partial charge in [-0.15, -0.1) is 0 Å². The first-order valence-corrected chi connectivity index (χ1v) is 6.47. The average Bonchev–Trinajstić information content (AvgIpc) is 2.12. The zero-order chi connectivity index (χ0) is 15.4. The van der Waals surface area contributed by atoms with Crippen LogP contribution in [0, 0.1) is 5.92 Å². The Labute approximate surface area is 115 Å². The van der Waals surface area contributed by atoms with E-state index in [1.165, 1.54) is 0 Å². The number of carbonyl (C=O) groups is 2. The lowest BCUT2D eigenvalue weighted by molar-refractivity contribution is -0.128. The fourth-order valence-corrected chi connectivity index (χ4v) is 1.42. The zero-order valence-corrected chi connectivity index (χ0v) is 12.7. The van der Waals surface area contributed by atoms with Crippen molar-refractivity contribution in [2.75, 3.05) is 0 Å². The maximum atomic E-state index is 12.2.